The lowest BCUT2D eigenvalue weighted by molar-refractivity contribution is 0.419. The van der Waals surface area contributed by atoms with Crippen LogP contribution in [0.4, 0.5) is 0 Å². The summed E-state index contributed by atoms with van der Waals surface area (Å²) in [7, 11) is 2.03. The fourth-order valence-electron chi connectivity index (χ4n) is 1.53. The standard InChI is InChI=1S/C7H12N4.HI/c1-10-4-2-6(8)11-5-3-9-7(10)11;/h8H,2-5H2,1H3;1H. The zero-order valence-electron chi connectivity index (χ0n) is 7.08. The van der Waals surface area contributed by atoms with Gasteiger partial charge in [0, 0.05) is 26.6 Å². The van der Waals surface area contributed by atoms with Crippen LogP contribution in [0.5, 0.6) is 0 Å². The molecule has 0 aromatic rings. The Morgan fingerprint density at radius 1 is 1.42 bits per heavy atom. The third-order valence-corrected chi connectivity index (χ3v) is 2.17. The number of guanidine groups is 1. The number of hydrogen-bond acceptors (Lipinski definition) is 3. The number of nitrogens with one attached hydrogen (secondary N) is 1. The van der Waals surface area contributed by atoms with E-state index in [1.54, 1.807) is 0 Å². The van der Waals surface area contributed by atoms with Crippen molar-refractivity contribution in [3.05, 3.63) is 0 Å². The quantitative estimate of drug-likeness (QED) is 0.660. The Kier molecular flexibility index (Phi) is 2.92. The maximum atomic E-state index is 7.62. The van der Waals surface area contributed by atoms with E-state index in [-0.39, 0.29) is 24.0 Å². The first-order valence-corrected chi connectivity index (χ1v) is 3.89. The van der Waals surface area contributed by atoms with E-state index in [1.165, 1.54) is 0 Å². The summed E-state index contributed by atoms with van der Waals surface area (Å²) >= 11 is 0. The maximum absolute atomic E-state index is 7.62. The lowest BCUT2D eigenvalue weighted by Crippen LogP contribution is -2.49. The molecule has 12 heavy (non-hydrogen) atoms. The predicted molar refractivity (Wildman–Crippen MR) is 59.4 cm³/mol. The van der Waals surface area contributed by atoms with E-state index in [4.69, 9.17) is 5.41 Å². The minimum absolute atomic E-state index is 0. The van der Waals surface area contributed by atoms with Crippen LogP contribution >= 0.6 is 24.0 Å². The van der Waals surface area contributed by atoms with Gasteiger partial charge in [-0.25, -0.2) is 0 Å². The highest BCUT2D eigenvalue weighted by Crippen LogP contribution is 2.12. The largest absolute Gasteiger partial charge is 0.345 e. The molecule has 0 spiro atoms. The molecule has 4 nitrogen and oxygen atoms in total. The molecule has 2 heterocycles. The molecule has 0 unspecified atom stereocenters. The molecule has 2 rings (SSSR count). The molecule has 0 aliphatic carbocycles. The second kappa shape index (κ2) is 3.59. The van der Waals surface area contributed by atoms with Gasteiger partial charge in [0.05, 0.1) is 6.54 Å². The molecule has 68 valence electrons. The molecule has 2 aliphatic rings. The van der Waals surface area contributed by atoms with Crippen molar-refractivity contribution in [2.24, 2.45) is 4.99 Å². The van der Waals surface area contributed by atoms with Crippen LogP contribution in [0.15, 0.2) is 4.99 Å². The van der Waals surface area contributed by atoms with Crippen LogP contribution in [0.25, 0.3) is 0 Å². The predicted octanol–water partition coefficient (Wildman–Crippen LogP) is 0.589. The van der Waals surface area contributed by atoms with Gasteiger partial charge < -0.3 is 4.90 Å². The summed E-state index contributed by atoms with van der Waals surface area (Å²) in [5, 5.41) is 7.62. The summed E-state index contributed by atoms with van der Waals surface area (Å²) < 4.78 is 0. The van der Waals surface area contributed by atoms with Crippen LogP contribution in [0.2, 0.25) is 0 Å². The number of aliphatic imine (C=N–C) groups is 1. The highest BCUT2D eigenvalue weighted by Gasteiger charge is 2.27. The van der Waals surface area contributed by atoms with Gasteiger partial charge in [-0.3, -0.25) is 15.3 Å². The van der Waals surface area contributed by atoms with Crippen LogP contribution in [0.1, 0.15) is 6.42 Å². The van der Waals surface area contributed by atoms with Crippen LogP contribution < -0.4 is 0 Å². The van der Waals surface area contributed by atoms with E-state index in [9.17, 15) is 0 Å². The molecular weight excluding hydrogens is 267 g/mol. The number of nitrogens with zero attached hydrogens (tertiary/aromatic N) is 3. The first kappa shape index (κ1) is 9.76. The van der Waals surface area contributed by atoms with Gasteiger partial charge in [0.2, 0.25) is 5.96 Å². The van der Waals surface area contributed by atoms with E-state index in [2.05, 4.69) is 9.89 Å². The van der Waals surface area contributed by atoms with E-state index in [1.807, 2.05) is 11.9 Å². The van der Waals surface area contributed by atoms with Crippen molar-refractivity contribution in [3.63, 3.8) is 0 Å². The van der Waals surface area contributed by atoms with Crippen LogP contribution in [-0.2, 0) is 0 Å². The second-order valence-corrected chi connectivity index (χ2v) is 2.95. The van der Waals surface area contributed by atoms with Gasteiger partial charge in [-0.05, 0) is 0 Å². The van der Waals surface area contributed by atoms with Gasteiger partial charge in [-0.2, -0.15) is 0 Å². The van der Waals surface area contributed by atoms with Gasteiger partial charge in [-0.1, -0.05) is 0 Å². The Morgan fingerprint density at radius 2 is 2.17 bits per heavy atom. The summed E-state index contributed by atoms with van der Waals surface area (Å²) in [6, 6.07) is 0. The van der Waals surface area contributed by atoms with E-state index in [0.717, 1.165) is 37.9 Å². The first-order valence-electron chi connectivity index (χ1n) is 3.89. The van der Waals surface area contributed by atoms with Gasteiger partial charge in [0.15, 0.2) is 0 Å². The monoisotopic (exact) mass is 280 g/mol. The topological polar surface area (TPSA) is 42.7 Å². The molecule has 1 saturated heterocycles. The molecule has 0 aromatic carbocycles. The molecule has 1 N–H and O–H groups in total. The van der Waals surface area contributed by atoms with E-state index < -0.39 is 0 Å². The number of amidine groups is 1. The zero-order valence-corrected chi connectivity index (χ0v) is 9.41. The summed E-state index contributed by atoms with van der Waals surface area (Å²) in [6.45, 7) is 2.69. The van der Waals surface area contributed by atoms with Gasteiger partial charge in [-0.15, -0.1) is 24.0 Å². The Bertz CT molecular complexity index is 225. The summed E-state index contributed by atoms with van der Waals surface area (Å²) in [4.78, 5) is 8.42. The summed E-state index contributed by atoms with van der Waals surface area (Å²) in [5.74, 6) is 1.71. The highest BCUT2D eigenvalue weighted by atomic mass is 127. The van der Waals surface area contributed by atoms with Crippen LogP contribution in [-0.4, -0.2) is 48.3 Å². The van der Waals surface area contributed by atoms with Gasteiger partial charge >= 0.3 is 0 Å². The van der Waals surface area contributed by atoms with Crippen molar-refractivity contribution in [2.45, 2.75) is 6.42 Å². The average molecular weight is 280 g/mol. The molecule has 0 aromatic heterocycles. The average Bonchev–Trinajstić information content (AvgIpc) is 2.45. The molecular formula is C7H13IN4. The minimum Gasteiger partial charge on any atom is -0.345 e. The molecule has 2 aliphatic heterocycles. The molecule has 1 fully saturated rings. The van der Waals surface area contributed by atoms with Gasteiger partial charge in [0.1, 0.15) is 5.84 Å². The van der Waals surface area contributed by atoms with Crippen molar-refractivity contribution < 1.29 is 0 Å². The van der Waals surface area contributed by atoms with E-state index in [0.29, 0.717) is 0 Å². The van der Waals surface area contributed by atoms with Crippen molar-refractivity contribution in [2.75, 3.05) is 26.7 Å². The zero-order chi connectivity index (χ0) is 7.84. The number of halogens is 1. The third-order valence-electron chi connectivity index (χ3n) is 2.17. The lowest BCUT2D eigenvalue weighted by atomic mass is 10.3. The SMILES string of the molecule is CN1CCC(=N)N2CCN=C12.I. The Hall–Kier alpha value is -0.330. The summed E-state index contributed by atoms with van der Waals surface area (Å²) in [6.07, 6.45) is 0.857. The Morgan fingerprint density at radius 3 is 2.83 bits per heavy atom. The first-order chi connectivity index (χ1) is 5.29. The second-order valence-electron chi connectivity index (χ2n) is 2.95. The molecule has 5 heteroatoms. The highest BCUT2D eigenvalue weighted by molar-refractivity contribution is 14.0. The van der Waals surface area contributed by atoms with Crippen LogP contribution in [0.3, 0.4) is 0 Å². The number of fused-ring (bicyclic) bond motifs is 1. The van der Waals surface area contributed by atoms with Crippen molar-refractivity contribution >= 4 is 35.8 Å². The molecule has 0 amide bonds. The summed E-state index contributed by atoms with van der Waals surface area (Å²) in [5.41, 5.74) is 0. The van der Waals surface area contributed by atoms with E-state index >= 15 is 0 Å². The molecule has 0 saturated carbocycles. The number of hydrogen-bond donors (Lipinski definition) is 1. The normalized spacial score (nSPS) is 21.8. The molecule has 0 radical (unpaired) electrons. The van der Waals surface area contributed by atoms with Crippen molar-refractivity contribution in [3.8, 4) is 0 Å². The minimum atomic E-state index is 0. The van der Waals surface area contributed by atoms with Crippen LogP contribution in [0, 0.1) is 5.41 Å². The fourth-order valence-corrected chi connectivity index (χ4v) is 1.53. The van der Waals surface area contributed by atoms with Crippen molar-refractivity contribution in [1.82, 2.24) is 9.80 Å². The molecule has 0 bridgehead atoms. The maximum Gasteiger partial charge on any atom is 0.201 e. The third kappa shape index (κ3) is 1.41. The van der Waals surface area contributed by atoms with Gasteiger partial charge in [0.25, 0.3) is 0 Å². The molecule has 0 atom stereocenters. The fraction of sp³-hybridized carbons (Fsp3) is 0.714. The number of rotatable bonds is 0. The Labute approximate surface area is 89.2 Å². The lowest BCUT2D eigenvalue weighted by Gasteiger charge is -2.33. The smallest absolute Gasteiger partial charge is 0.201 e. The van der Waals surface area contributed by atoms with Crippen molar-refractivity contribution in [1.29, 1.82) is 5.41 Å². The Balaban J connectivity index is 0.000000720.